The molecule has 16 heavy (non-hydrogen) atoms. The lowest BCUT2D eigenvalue weighted by Gasteiger charge is -2.20. The molecule has 1 fully saturated rings. The first-order chi connectivity index (χ1) is 7.72. The monoisotopic (exact) mass is 223 g/mol. The average molecular weight is 223 g/mol. The summed E-state index contributed by atoms with van der Waals surface area (Å²) in [4.78, 5) is 11.9. The van der Waals surface area contributed by atoms with Gasteiger partial charge >= 0.3 is 0 Å². The second-order valence-corrected chi connectivity index (χ2v) is 4.50. The Morgan fingerprint density at radius 2 is 2.38 bits per heavy atom. The van der Waals surface area contributed by atoms with Crippen molar-refractivity contribution < 1.29 is 4.79 Å². The first-order valence-corrected chi connectivity index (χ1v) is 6.13. The topological polar surface area (TPSA) is 78.9 Å². The smallest absolute Gasteiger partial charge is 0.224 e. The van der Waals surface area contributed by atoms with E-state index in [0.29, 0.717) is 6.54 Å². The summed E-state index contributed by atoms with van der Waals surface area (Å²) >= 11 is 0. The molecule has 90 valence electrons. The molecular formula is C12H21N3O. The molecule has 3 unspecified atom stereocenters. The number of nitrogens with zero attached hydrogens (tertiary/aromatic N) is 1. The standard InChI is InChI=1S/C12H21N3O/c1-2-4-10(8-14)12(16)15-11-6-3-5-9(11)7-13/h9-11H,2-6,8,14H2,1H3,(H,15,16). The van der Waals surface area contributed by atoms with Crippen molar-refractivity contribution in [2.45, 2.75) is 45.1 Å². The molecule has 0 aliphatic heterocycles. The molecule has 1 saturated carbocycles. The summed E-state index contributed by atoms with van der Waals surface area (Å²) in [6.07, 6.45) is 4.65. The normalized spacial score (nSPS) is 26.1. The molecular weight excluding hydrogens is 202 g/mol. The highest BCUT2D eigenvalue weighted by molar-refractivity contribution is 5.79. The highest BCUT2D eigenvalue weighted by atomic mass is 16.1. The molecule has 0 saturated heterocycles. The van der Waals surface area contributed by atoms with Gasteiger partial charge in [0.25, 0.3) is 0 Å². The molecule has 4 nitrogen and oxygen atoms in total. The lowest BCUT2D eigenvalue weighted by atomic mass is 10.0. The van der Waals surface area contributed by atoms with E-state index < -0.39 is 0 Å². The third-order valence-corrected chi connectivity index (χ3v) is 3.30. The number of hydrogen-bond donors (Lipinski definition) is 2. The molecule has 0 heterocycles. The molecule has 1 amide bonds. The van der Waals surface area contributed by atoms with E-state index in [1.54, 1.807) is 0 Å². The summed E-state index contributed by atoms with van der Waals surface area (Å²) in [5, 5.41) is 11.9. The maximum Gasteiger partial charge on any atom is 0.224 e. The van der Waals surface area contributed by atoms with Crippen molar-refractivity contribution in [3.63, 3.8) is 0 Å². The van der Waals surface area contributed by atoms with E-state index >= 15 is 0 Å². The van der Waals surface area contributed by atoms with Crippen LogP contribution in [-0.4, -0.2) is 18.5 Å². The van der Waals surface area contributed by atoms with Crippen LogP contribution < -0.4 is 11.1 Å². The number of nitriles is 1. The minimum absolute atomic E-state index is 0.0102. The van der Waals surface area contributed by atoms with Crippen LogP contribution in [0.4, 0.5) is 0 Å². The van der Waals surface area contributed by atoms with Crippen molar-refractivity contribution >= 4 is 5.91 Å². The third-order valence-electron chi connectivity index (χ3n) is 3.30. The van der Waals surface area contributed by atoms with Crippen molar-refractivity contribution in [3.05, 3.63) is 0 Å². The molecule has 0 aromatic carbocycles. The van der Waals surface area contributed by atoms with Gasteiger partial charge in [-0.1, -0.05) is 13.3 Å². The number of nitrogens with one attached hydrogen (secondary N) is 1. The van der Waals surface area contributed by atoms with Crippen LogP contribution in [0, 0.1) is 23.2 Å². The highest BCUT2D eigenvalue weighted by Crippen LogP contribution is 2.25. The fourth-order valence-electron chi connectivity index (χ4n) is 2.29. The Bertz CT molecular complexity index is 272. The predicted octanol–water partition coefficient (Wildman–Crippen LogP) is 1.17. The summed E-state index contributed by atoms with van der Waals surface area (Å²) < 4.78 is 0. The van der Waals surface area contributed by atoms with E-state index in [1.165, 1.54) is 0 Å². The lowest BCUT2D eigenvalue weighted by Crippen LogP contribution is -2.42. The summed E-state index contributed by atoms with van der Waals surface area (Å²) in [6, 6.07) is 2.31. The Hall–Kier alpha value is -1.08. The SMILES string of the molecule is CCCC(CN)C(=O)NC1CCCC1C#N. The zero-order chi connectivity index (χ0) is 12.0. The van der Waals surface area contributed by atoms with Crippen molar-refractivity contribution in [1.82, 2.24) is 5.32 Å². The summed E-state index contributed by atoms with van der Waals surface area (Å²) in [6.45, 7) is 2.44. The van der Waals surface area contributed by atoms with Crippen LogP contribution in [-0.2, 0) is 4.79 Å². The zero-order valence-corrected chi connectivity index (χ0v) is 9.91. The Balaban J connectivity index is 2.46. The number of hydrogen-bond acceptors (Lipinski definition) is 3. The quantitative estimate of drug-likeness (QED) is 0.734. The van der Waals surface area contributed by atoms with Crippen LogP contribution in [0.25, 0.3) is 0 Å². The number of carbonyl (C=O) groups is 1. The molecule has 0 spiro atoms. The molecule has 3 atom stereocenters. The molecule has 1 aliphatic rings. The first kappa shape index (κ1) is 13.0. The average Bonchev–Trinajstić information content (AvgIpc) is 2.72. The van der Waals surface area contributed by atoms with Crippen LogP contribution in [0.2, 0.25) is 0 Å². The minimum Gasteiger partial charge on any atom is -0.352 e. The number of nitrogens with two attached hydrogens (primary N) is 1. The predicted molar refractivity (Wildman–Crippen MR) is 62.3 cm³/mol. The van der Waals surface area contributed by atoms with E-state index in [0.717, 1.165) is 32.1 Å². The third kappa shape index (κ3) is 3.21. The fourth-order valence-corrected chi connectivity index (χ4v) is 2.29. The molecule has 0 aromatic rings. The number of carbonyl (C=O) groups excluding carboxylic acids is 1. The molecule has 4 heteroatoms. The van der Waals surface area contributed by atoms with E-state index in [1.807, 2.05) is 6.92 Å². The Morgan fingerprint density at radius 3 is 2.94 bits per heavy atom. The molecule has 0 bridgehead atoms. The van der Waals surface area contributed by atoms with E-state index in [4.69, 9.17) is 11.0 Å². The maximum absolute atomic E-state index is 11.9. The molecule has 0 aromatic heterocycles. The van der Waals surface area contributed by atoms with Gasteiger partial charge in [0, 0.05) is 12.6 Å². The van der Waals surface area contributed by atoms with Gasteiger partial charge in [-0.3, -0.25) is 4.79 Å². The van der Waals surface area contributed by atoms with Gasteiger partial charge in [-0.2, -0.15) is 5.26 Å². The van der Waals surface area contributed by atoms with Crippen molar-refractivity contribution in [2.75, 3.05) is 6.54 Å². The lowest BCUT2D eigenvalue weighted by molar-refractivity contribution is -0.125. The van der Waals surface area contributed by atoms with Gasteiger partial charge in [-0.15, -0.1) is 0 Å². The molecule has 1 aliphatic carbocycles. The van der Waals surface area contributed by atoms with Crippen LogP contribution >= 0.6 is 0 Å². The van der Waals surface area contributed by atoms with Gasteiger partial charge in [-0.25, -0.2) is 0 Å². The number of amides is 1. The van der Waals surface area contributed by atoms with Gasteiger partial charge < -0.3 is 11.1 Å². The summed E-state index contributed by atoms with van der Waals surface area (Å²) in [5.74, 6) is -0.0783. The van der Waals surface area contributed by atoms with Crippen LogP contribution in [0.1, 0.15) is 39.0 Å². The summed E-state index contributed by atoms with van der Waals surface area (Å²) in [7, 11) is 0. The maximum atomic E-state index is 11.9. The fraction of sp³-hybridized carbons (Fsp3) is 0.833. The van der Waals surface area contributed by atoms with Gasteiger partial charge in [-0.05, 0) is 25.7 Å². The highest BCUT2D eigenvalue weighted by Gasteiger charge is 2.29. The second-order valence-electron chi connectivity index (χ2n) is 4.50. The number of rotatable bonds is 5. The van der Waals surface area contributed by atoms with Gasteiger partial charge in [0.05, 0.1) is 17.9 Å². The zero-order valence-electron chi connectivity index (χ0n) is 9.91. The first-order valence-electron chi connectivity index (χ1n) is 6.13. The Morgan fingerprint density at radius 1 is 1.62 bits per heavy atom. The summed E-state index contributed by atoms with van der Waals surface area (Å²) in [5.41, 5.74) is 5.58. The van der Waals surface area contributed by atoms with Crippen LogP contribution in [0.5, 0.6) is 0 Å². The van der Waals surface area contributed by atoms with Crippen LogP contribution in [0.15, 0.2) is 0 Å². The van der Waals surface area contributed by atoms with Gasteiger partial charge in [0.15, 0.2) is 0 Å². The minimum atomic E-state index is -0.0926. The molecule has 3 N–H and O–H groups in total. The van der Waals surface area contributed by atoms with Crippen molar-refractivity contribution in [1.29, 1.82) is 5.26 Å². The van der Waals surface area contributed by atoms with Gasteiger partial charge in [0.2, 0.25) is 5.91 Å². The van der Waals surface area contributed by atoms with E-state index in [2.05, 4.69) is 11.4 Å². The molecule has 0 radical (unpaired) electrons. The Kier molecular flexibility index (Phi) is 5.27. The van der Waals surface area contributed by atoms with E-state index in [9.17, 15) is 4.79 Å². The van der Waals surface area contributed by atoms with Crippen molar-refractivity contribution in [3.8, 4) is 6.07 Å². The van der Waals surface area contributed by atoms with Crippen LogP contribution in [0.3, 0.4) is 0 Å². The molecule has 1 rings (SSSR count). The second kappa shape index (κ2) is 6.49. The largest absolute Gasteiger partial charge is 0.352 e. The van der Waals surface area contributed by atoms with E-state index in [-0.39, 0.29) is 23.8 Å². The van der Waals surface area contributed by atoms with Gasteiger partial charge in [0.1, 0.15) is 0 Å². The van der Waals surface area contributed by atoms with Crippen molar-refractivity contribution in [2.24, 2.45) is 17.6 Å². The Labute approximate surface area is 97.2 Å².